The van der Waals surface area contributed by atoms with Gasteiger partial charge in [0.1, 0.15) is 11.5 Å². The number of aromatic amines is 1. The van der Waals surface area contributed by atoms with Crippen molar-refractivity contribution >= 4 is 17.3 Å². The van der Waals surface area contributed by atoms with Crippen molar-refractivity contribution < 1.29 is 14.3 Å². The van der Waals surface area contributed by atoms with Gasteiger partial charge < -0.3 is 30.4 Å². The standard InChI is InChI=1S/C21H22N4O3.C4H9N/c1-12-5-4-6-15(20(12)28-3)25-19-17-14(8-10-23-21(17)26)24-18(19)13-7-9-22-11-16(13)27-2;1-2-4-5-3-1/h4-7,9,11,24-25H,8,10H2,1-3H3,(H,23,26);5H,1-4H2. The zero-order chi connectivity index (χ0) is 23.2. The van der Waals surface area contributed by atoms with Crippen molar-refractivity contribution in [1.82, 2.24) is 20.6 Å². The lowest BCUT2D eigenvalue weighted by Crippen LogP contribution is -2.31. The summed E-state index contributed by atoms with van der Waals surface area (Å²) < 4.78 is 11.1. The van der Waals surface area contributed by atoms with E-state index in [-0.39, 0.29) is 5.91 Å². The number of anilines is 2. The second-order valence-electron chi connectivity index (χ2n) is 8.05. The Morgan fingerprint density at radius 1 is 1.06 bits per heavy atom. The second kappa shape index (κ2) is 10.4. The van der Waals surface area contributed by atoms with E-state index in [4.69, 9.17) is 9.47 Å². The highest BCUT2D eigenvalue weighted by atomic mass is 16.5. The fourth-order valence-electron chi connectivity index (χ4n) is 4.24. The number of aryl methyl sites for hydroxylation is 1. The van der Waals surface area contributed by atoms with E-state index in [1.54, 1.807) is 26.6 Å². The summed E-state index contributed by atoms with van der Waals surface area (Å²) in [6, 6.07) is 7.73. The smallest absolute Gasteiger partial charge is 0.255 e. The van der Waals surface area contributed by atoms with Crippen LogP contribution in [0.1, 0.15) is 34.5 Å². The van der Waals surface area contributed by atoms with Crippen LogP contribution in [0.15, 0.2) is 36.7 Å². The van der Waals surface area contributed by atoms with Gasteiger partial charge in [-0.25, -0.2) is 0 Å². The van der Waals surface area contributed by atoms with Crippen LogP contribution < -0.4 is 25.4 Å². The molecule has 8 nitrogen and oxygen atoms in total. The number of rotatable bonds is 5. The minimum absolute atomic E-state index is 0.106. The maximum atomic E-state index is 12.7. The number of nitrogens with zero attached hydrogens (tertiary/aromatic N) is 1. The van der Waals surface area contributed by atoms with Crippen molar-refractivity contribution in [2.45, 2.75) is 26.2 Å². The maximum absolute atomic E-state index is 12.7. The highest BCUT2D eigenvalue weighted by Gasteiger charge is 2.28. The number of carbonyl (C=O) groups is 1. The molecule has 0 spiro atoms. The SMILES string of the molecule is C1CCNC1.COc1cnccc1-c1[nH]c2c(c1Nc1cccc(C)c1OC)C(=O)NCC2. The summed E-state index contributed by atoms with van der Waals surface area (Å²) >= 11 is 0. The Kier molecular flexibility index (Phi) is 7.14. The number of benzene rings is 1. The molecule has 0 radical (unpaired) electrons. The van der Waals surface area contributed by atoms with E-state index in [1.165, 1.54) is 25.9 Å². The van der Waals surface area contributed by atoms with Gasteiger partial charge in [0.05, 0.1) is 43.0 Å². The maximum Gasteiger partial charge on any atom is 0.255 e. The lowest BCUT2D eigenvalue weighted by atomic mass is 10.0. The van der Waals surface area contributed by atoms with Crippen molar-refractivity contribution in [2.24, 2.45) is 0 Å². The molecule has 0 atom stereocenters. The minimum atomic E-state index is -0.106. The van der Waals surface area contributed by atoms with E-state index >= 15 is 0 Å². The number of nitrogens with one attached hydrogen (secondary N) is 4. The Hall–Kier alpha value is -3.52. The van der Waals surface area contributed by atoms with Gasteiger partial charge in [0.2, 0.25) is 0 Å². The highest BCUT2D eigenvalue weighted by Crippen LogP contribution is 2.41. The first kappa shape index (κ1) is 22.7. The number of hydrogen-bond donors (Lipinski definition) is 4. The molecule has 2 aromatic heterocycles. The lowest BCUT2D eigenvalue weighted by Gasteiger charge is -2.17. The summed E-state index contributed by atoms with van der Waals surface area (Å²) in [6.45, 7) is 5.09. The van der Waals surface area contributed by atoms with E-state index in [0.29, 0.717) is 23.5 Å². The van der Waals surface area contributed by atoms with Crippen LogP contribution in [-0.4, -0.2) is 49.7 Å². The van der Waals surface area contributed by atoms with Crippen LogP contribution in [-0.2, 0) is 6.42 Å². The largest absolute Gasteiger partial charge is 0.494 e. The Balaban J connectivity index is 0.000000459. The Labute approximate surface area is 194 Å². The predicted octanol–water partition coefficient (Wildman–Crippen LogP) is 3.80. The van der Waals surface area contributed by atoms with E-state index in [0.717, 1.165) is 40.4 Å². The molecule has 2 aliphatic rings. The second-order valence-corrected chi connectivity index (χ2v) is 8.05. The van der Waals surface area contributed by atoms with Crippen molar-refractivity contribution in [1.29, 1.82) is 0 Å². The monoisotopic (exact) mass is 449 g/mol. The van der Waals surface area contributed by atoms with E-state index in [2.05, 4.69) is 25.9 Å². The average molecular weight is 450 g/mol. The summed E-state index contributed by atoms with van der Waals surface area (Å²) in [6.07, 6.45) is 6.87. The molecule has 3 aromatic rings. The van der Waals surface area contributed by atoms with Gasteiger partial charge in [-0.3, -0.25) is 9.78 Å². The van der Waals surface area contributed by atoms with Crippen LogP contribution in [0.2, 0.25) is 0 Å². The number of fused-ring (bicyclic) bond motifs is 1. The van der Waals surface area contributed by atoms with Crippen LogP contribution in [0.4, 0.5) is 11.4 Å². The van der Waals surface area contributed by atoms with Crippen LogP contribution >= 0.6 is 0 Å². The van der Waals surface area contributed by atoms with E-state index in [1.807, 2.05) is 31.2 Å². The number of hydrogen-bond acceptors (Lipinski definition) is 6. The zero-order valence-electron chi connectivity index (χ0n) is 19.4. The van der Waals surface area contributed by atoms with Gasteiger partial charge in [0.25, 0.3) is 5.91 Å². The van der Waals surface area contributed by atoms with Crippen molar-refractivity contribution in [3.8, 4) is 22.8 Å². The summed E-state index contributed by atoms with van der Waals surface area (Å²) in [7, 11) is 3.24. The molecule has 4 N–H and O–H groups in total. The number of aromatic nitrogens is 2. The van der Waals surface area contributed by atoms with Gasteiger partial charge in [-0.15, -0.1) is 0 Å². The summed E-state index contributed by atoms with van der Waals surface area (Å²) in [4.78, 5) is 20.2. The van der Waals surface area contributed by atoms with E-state index < -0.39 is 0 Å². The highest BCUT2D eigenvalue weighted by molar-refractivity contribution is 6.06. The predicted molar refractivity (Wildman–Crippen MR) is 130 cm³/mol. The topological polar surface area (TPSA) is 100 Å². The Morgan fingerprint density at radius 2 is 1.88 bits per heavy atom. The van der Waals surface area contributed by atoms with Gasteiger partial charge >= 0.3 is 0 Å². The molecule has 0 bridgehead atoms. The fraction of sp³-hybridized carbons (Fsp3) is 0.360. The first-order valence-electron chi connectivity index (χ1n) is 11.3. The molecule has 1 fully saturated rings. The van der Waals surface area contributed by atoms with Gasteiger partial charge in [0.15, 0.2) is 0 Å². The Morgan fingerprint density at radius 3 is 2.58 bits per heavy atom. The van der Waals surface area contributed by atoms with Crippen molar-refractivity contribution in [3.05, 3.63) is 53.5 Å². The molecule has 0 aliphatic carbocycles. The molecule has 1 aromatic carbocycles. The molecule has 5 rings (SSSR count). The third-order valence-electron chi connectivity index (χ3n) is 5.87. The number of pyridine rings is 1. The molecular weight excluding hydrogens is 418 g/mol. The average Bonchev–Trinajstić information content (AvgIpc) is 3.52. The number of carbonyl (C=O) groups excluding carboxylic acids is 1. The molecule has 1 saturated heterocycles. The first-order chi connectivity index (χ1) is 16.1. The third kappa shape index (κ3) is 4.80. The number of H-pyrrole nitrogens is 1. The number of para-hydroxylation sites is 1. The Bertz CT molecular complexity index is 1110. The molecule has 0 saturated carbocycles. The number of amides is 1. The molecule has 8 heteroatoms. The van der Waals surface area contributed by atoms with Gasteiger partial charge in [-0.1, -0.05) is 12.1 Å². The van der Waals surface area contributed by atoms with Crippen LogP contribution in [0.25, 0.3) is 11.3 Å². The van der Waals surface area contributed by atoms with Gasteiger partial charge in [0, 0.05) is 30.4 Å². The number of ether oxygens (including phenoxy) is 2. The summed E-state index contributed by atoms with van der Waals surface area (Å²) in [5.74, 6) is 1.26. The van der Waals surface area contributed by atoms with Gasteiger partial charge in [-0.2, -0.15) is 0 Å². The number of methoxy groups -OCH3 is 2. The quantitative estimate of drug-likeness (QED) is 0.473. The molecule has 174 valence electrons. The summed E-state index contributed by atoms with van der Waals surface area (Å²) in [5, 5.41) is 9.57. The lowest BCUT2D eigenvalue weighted by molar-refractivity contribution is 0.0947. The molecule has 2 aliphatic heterocycles. The molecule has 0 unspecified atom stereocenters. The normalized spacial score (nSPS) is 14.6. The third-order valence-corrected chi connectivity index (χ3v) is 5.87. The minimum Gasteiger partial charge on any atom is -0.494 e. The van der Waals surface area contributed by atoms with Crippen LogP contribution in [0, 0.1) is 6.92 Å². The first-order valence-corrected chi connectivity index (χ1v) is 11.3. The zero-order valence-corrected chi connectivity index (χ0v) is 19.4. The van der Waals surface area contributed by atoms with E-state index in [9.17, 15) is 4.79 Å². The summed E-state index contributed by atoms with van der Waals surface area (Å²) in [5.41, 5.74) is 5.61. The molecule has 4 heterocycles. The molecule has 33 heavy (non-hydrogen) atoms. The van der Waals surface area contributed by atoms with Gasteiger partial charge in [-0.05, 0) is 50.6 Å². The molecule has 1 amide bonds. The van der Waals surface area contributed by atoms with Crippen LogP contribution in [0.3, 0.4) is 0 Å². The fourth-order valence-corrected chi connectivity index (χ4v) is 4.24. The van der Waals surface area contributed by atoms with Crippen molar-refractivity contribution in [2.75, 3.05) is 39.2 Å². The van der Waals surface area contributed by atoms with Crippen LogP contribution in [0.5, 0.6) is 11.5 Å². The van der Waals surface area contributed by atoms with Crippen molar-refractivity contribution in [3.63, 3.8) is 0 Å². The molecular formula is C25H31N5O3.